The van der Waals surface area contributed by atoms with E-state index in [1.807, 2.05) is 0 Å². The van der Waals surface area contributed by atoms with E-state index < -0.39 is 10.0 Å². The van der Waals surface area contributed by atoms with Gasteiger partial charge in [0.1, 0.15) is 0 Å². The molecule has 20 heavy (non-hydrogen) atoms. The van der Waals surface area contributed by atoms with Gasteiger partial charge in [0.15, 0.2) is 0 Å². The molecule has 0 amide bonds. The van der Waals surface area contributed by atoms with Gasteiger partial charge in [-0.05, 0) is 18.1 Å². The number of quaternary nitrogens is 1. The van der Waals surface area contributed by atoms with Crippen LogP contribution in [0.1, 0.15) is 18.1 Å². The van der Waals surface area contributed by atoms with Crippen molar-refractivity contribution in [2.45, 2.75) is 25.8 Å². The van der Waals surface area contributed by atoms with Crippen molar-refractivity contribution in [3.05, 3.63) is 35.4 Å². The monoisotopic (exact) mass is 295 g/mol. The molecular weight excluding hydrogens is 272 g/mol. The Labute approximate surface area is 121 Å². The molecule has 1 N–H and O–H groups in total. The molecule has 0 atom stereocenters. The summed E-state index contributed by atoms with van der Waals surface area (Å²) >= 11 is 0. The van der Waals surface area contributed by atoms with Crippen molar-refractivity contribution in [1.29, 1.82) is 0 Å². The molecule has 0 bridgehead atoms. The van der Waals surface area contributed by atoms with Crippen LogP contribution in [0.2, 0.25) is 0 Å². The molecule has 110 valence electrons. The van der Waals surface area contributed by atoms with Crippen molar-refractivity contribution >= 4 is 10.0 Å². The minimum Gasteiger partial charge on any atom is -0.330 e. The molecule has 1 aromatic carbocycles. The average Bonchev–Trinajstić information content (AvgIpc) is 2.91. The summed E-state index contributed by atoms with van der Waals surface area (Å²) in [4.78, 5) is 1.57. The van der Waals surface area contributed by atoms with Gasteiger partial charge < -0.3 is 4.90 Å². The molecule has 4 nitrogen and oxygen atoms in total. The zero-order valence-corrected chi connectivity index (χ0v) is 12.8. The Morgan fingerprint density at radius 3 is 2.20 bits per heavy atom. The maximum Gasteiger partial charge on any atom is 0.214 e. The molecule has 5 heteroatoms. The maximum absolute atomic E-state index is 11.9. The van der Waals surface area contributed by atoms with Crippen molar-refractivity contribution in [2.75, 3.05) is 31.9 Å². The van der Waals surface area contributed by atoms with Crippen molar-refractivity contribution in [2.24, 2.45) is 0 Å². The van der Waals surface area contributed by atoms with Crippen LogP contribution in [0, 0.1) is 0 Å². The molecule has 1 aliphatic carbocycles. The summed E-state index contributed by atoms with van der Waals surface area (Å²) in [7, 11) is -3.00. The summed E-state index contributed by atoms with van der Waals surface area (Å²) in [5.41, 5.74) is 2.96. The molecule has 0 saturated carbocycles. The Morgan fingerprint density at radius 2 is 1.70 bits per heavy atom. The predicted molar refractivity (Wildman–Crippen MR) is 79.4 cm³/mol. The molecule has 3 rings (SSSR count). The SMILES string of the molecule is CCS(=O)(=O)N1CC[NH+](C2Cc3ccccc3C2)CC1. The Bertz CT molecular complexity index is 552. The van der Waals surface area contributed by atoms with Gasteiger partial charge in [-0.2, -0.15) is 4.31 Å². The first-order valence-corrected chi connectivity index (χ1v) is 9.10. The number of hydrogen-bond donors (Lipinski definition) is 1. The zero-order valence-electron chi connectivity index (χ0n) is 12.0. The molecule has 0 aromatic heterocycles. The number of nitrogens with zero attached hydrogens (tertiary/aromatic N) is 1. The number of sulfonamides is 1. The van der Waals surface area contributed by atoms with Gasteiger partial charge in [0.25, 0.3) is 0 Å². The second-order valence-corrected chi connectivity index (χ2v) is 8.09. The lowest BCUT2D eigenvalue weighted by Crippen LogP contribution is -3.18. The van der Waals surface area contributed by atoms with Crippen LogP contribution in [0.15, 0.2) is 24.3 Å². The summed E-state index contributed by atoms with van der Waals surface area (Å²) in [6.07, 6.45) is 2.29. The van der Waals surface area contributed by atoms with Gasteiger partial charge >= 0.3 is 0 Å². The van der Waals surface area contributed by atoms with Crippen LogP contribution >= 0.6 is 0 Å². The molecule has 1 fully saturated rings. The molecule has 0 spiro atoms. The summed E-state index contributed by atoms with van der Waals surface area (Å²) in [6, 6.07) is 9.32. The Kier molecular flexibility index (Phi) is 3.84. The molecule has 1 aromatic rings. The fourth-order valence-corrected chi connectivity index (χ4v) is 4.59. The van der Waals surface area contributed by atoms with Crippen LogP contribution in [-0.4, -0.2) is 50.7 Å². The number of rotatable bonds is 3. The lowest BCUT2D eigenvalue weighted by Gasteiger charge is -2.34. The topological polar surface area (TPSA) is 41.8 Å². The quantitative estimate of drug-likeness (QED) is 0.832. The summed E-state index contributed by atoms with van der Waals surface area (Å²) in [6.45, 7) is 4.97. The lowest BCUT2D eigenvalue weighted by atomic mass is 10.1. The van der Waals surface area contributed by atoms with E-state index in [4.69, 9.17) is 0 Å². The first-order chi connectivity index (χ1) is 9.60. The number of hydrogen-bond acceptors (Lipinski definition) is 2. The largest absolute Gasteiger partial charge is 0.330 e. The Morgan fingerprint density at radius 1 is 1.15 bits per heavy atom. The van der Waals surface area contributed by atoms with Gasteiger partial charge in [-0.15, -0.1) is 0 Å². The van der Waals surface area contributed by atoms with Gasteiger partial charge in [-0.1, -0.05) is 24.3 Å². The van der Waals surface area contributed by atoms with E-state index in [-0.39, 0.29) is 5.75 Å². The van der Waals surface area contributed by atoms with E-state index in [0.717, 1.165) is 25.9 Å². The van der Waals surface area contributed by atoms with Crippen LogP contribution in [0.25, 0.3) is 0 Å². The highest BCUT2D eigenvalue weighted by atomic mass is 32.2. The van der Waals surface area contributed by atoms with E-state index in [2.05, 4.69) is 24.3 Å². The molecule has 1 heterocycles. The van der Waals surface area contributed by atoms with Gasteiger partial charge in [-0.25, -0.2) is 8.42 Å². The highest BCUT2D eigenvalue weighted by molar-refractivity contribution is 7.89. The fourth-order valence-electron chi connectivity index (χ4n) is 3.49. The Hall–Kier alpha value is -0.910. The normalized spacial score (nSPS) is 22.1. The number of benzene rings is 1. The van der Waals surface area contributed by atoms with Crippen molar-refractivity contribution < 1.29 is 13.3 Å². The van der Waals surface area contributed by atoms with Crippen LogP contribution in [0.5, 0.6) is 0 Å². The second kappa shape index (κ2) is 5.47. The molecule has 0 unspecified atom stereocenters. The number of piperazine rings is 1. The molecule has 1 saturated heterocycles. The van der Waals surface area contributed by atoms with E-state index >= 15 is 0 Å². The second-order valence-electron chi connectivity index (χ2n) is 5.83. The molecule has 2 aliphatic rings. The fraction of sp³-hybridized carbons (Fsp3) is 0.600. The van der Waals surface area contributed by atoms with Crippen LogP contribution in [0.4, 0.5) is 0 Å². The lowest BCUT2D eigenvalue weighted by molar-refractivity contribution is -0.927. The minimum atomic E-state index is -3.00. The van der Waals surface area contributed by atoms with E-state index in [1.54, 1.807) is 16.1 Å². The van der Waals surface area contributed by atoms with Crippen LogP contribution in [0.3, 0.4) is 0 Å². The highest BCUT2D eigenvalue weighted by Crippen LogP contribution is 2.20. The third-order valence-corrected chi connectivity index (χ3v) is 6.63. The zero-order chi connectivity index (χ0) is 14.2. The molecular formula is C15H23N2O2S+. The molecule has 0 radical (unpaired) electrons. The van der Waals surface area contributed by atoms with Gasteiger partial charge in [0, 0.05) is 12.8 Å². The first-order valence-electron chi connectivity index (χ1n) is 7.49. The van der Waals surface area contributed by atoms with Crippen molar-refractivity contribution in [3.8, 4) is 0 Å². The van der Waals surface area contributed by atoms with E-state index in [1.165, 1.54) is 11.1 Å². The summed E-state index contributed by atoms with van der Waals surface area (Å²) < 4.78 is 25.4. The number of fused-ring (bicyclic) bond motifs is 1. The number of nitrogens with one attached hydrogen (secondary N) is 1. The summed E-state index contributed by atoms with van der Waals surface area (Å²) in [5.74, 6) is 0.219. The van der Waals surface area contributed by atoms with E-state index in [0.29, 0.717) is 19.1 Å². The van der Waals surface area contributed by atoms with Crippen molar-refractivity contribution in [1.82, 2.24) is 4.31 Å². The standard InChI is InChI=1S/C15H22N2O2S/c1-2-20(18,19)17-9-7-16(8-10-17)15-11-13-5-3-4-6-14(13)12-15/h3-6,15H,2,7-12H2,1H3/p+1. The van der Waals surface area contributed by atoms with Gasteiger partial charge in [0.2, 0.25) is 10.0 Å². The third kappa shape index (κ3) is 2.62. The average molecular weight is 295 g/mol. The van der Waals surface area contributed by atoms with Gasteiger partial charge in [-0.3, -0.25) is 0 Å². The highest BCUT2D eigenvalue weighted by Gasteiger charge is 2.34. The summed E-state index contributed by atoms with van der Waals surface area (Å²) in [5, 5.41) is 0. The molecule has 1 aliphatic heterocycles. The van der Waals surface area contributed by atoms with Crippen LogP contribution < -0.4 is 4.90 Å². The maximum atomic E-state index is 11.9. The third-order valence-electron chi connectivity index (χ3n) is 4.75. The van der Waals surface area contributed by atoms with Crippen molar-refractivity contribution in [3.63, 3.8) is 0 Å². The van der Waals surface area contributed by atoms with Gasteiger partial charge in [0.05, 0.1) is 38.0 Å². The minimum absolute atomic E-state index is 0.219. The van der Waals surface area contributed by atoms with Crippen LogP contribution in [-0.2, 0) is 22.9 Å². The first kappa shape index (κ1) is 14.0. The van der Waals surface area contributed by atoms with E-state index in [9.17, 15) is 8.42 Å². The predicted octanol–water partition coefficient (Wildman–Crippen LogP) is -0.296. The smallest absolute Gasteiger partial charge is 0.214 e. The Balaban J connectivity index is 1.61.